The number of halogens is 1. The number of benzene rings is 1. The molecule has 3 aromatic rings. The predicted molar refractivity (Wildman–Crippen MR) is 85.9 cm³/mol. The largest absolute Gasteiger partial charge is 0.462 e. The molecule has 0 radical (unpaired) electrons. The predicted octanol–water partition coefficient (Wildman–Crippen LogP) is 4.13. The lowest BCUT2D eigenvalue weighted by molar-refractivity contribution is 0.0527. The first-order valence-corrected chi connectivity index (χ1v) is 7.25. The van der Waals surface area contributed by atoms with E-state index in [9.17, 15) is 4.79 Å². The topological polar surface area (TPSA) is 52.1 Å². The van der Waals surface area contributed by atoms with Crippen LogP contribution in [0.2, 0.25) is 5.15 Å². The molecular weight excluding hydrogens is 300 g/mol. The Bertz CT molecular complexity index is 832. The first-order valence-electron chi connectivity index (χ1n) is 6.87. The van der Waals surface area contributed by atoms with E-state index in [1.807, 2.05) is 30.3 Å². The van der Waals surface area contributed by atoms with Crippen LogP contribution in [0.3, 0.4) is 0 Å². The van der Waals surface area contributed by atoms with Crippen molar-refractivity contribution in [2.24, 2.45) is 0 Å². The molecule has 0 fully saturated rings. The van der Waals surface area contributed by atoms with Gasteiger partial charge >= 0.3 is 5.97 Å². The van der Waals surface area contributed by atoms with E-state index in [0.29, 0.717) is 17.3 Å². The third-order valence-electron chi connectivity index (χ3n) is 3.29. The zero-order chi connectivity index (χ0) is 15.5. The summed E-state index contributed by atoms with van der Waals surface area (Å²) in [6, 6.07) is 11.2. The van der Waals surface area contributed by atoms with Gasteiger partial charge in [-0.3, -0.25) is 4.98 Å². The highest BCUT2D eigenvalue weighted by Crippen LogP contribution is 2.31. The van der Waals surface area contributed by atoms with E-state index in [0.717, 1.165) is 22.0 Å². The minimum absolute atomic E-state index is 0.309. The lowest BCUT2D eigenvalue weighted by Crippen LogP contribution is -2.07. The van der Waals surface area contributed by atoms with Crippen LogP contribution >= 0.6 is 11.6 Å². The summed E-state index contributed by atoms with van der Waals surface area (Å²) in [4.78, 5) is 20.7. The highest BCUT2D eigenvalue weighted by Gasteiger charge is 2.18. The van der Waals surface area contributed by atoms with Crippen molar-refractivity contribution in [3.8, 4) is 11.1 Å². The molecule has 2 aromatic heterocycles. The number of para-hydroxylation sites is 1. The van der Waals surface area contributed by atoms with Crippen LogP contribution in [0.25, 0.3) is 22.0 Å². The summed E-state index contributed by atoms with van der Waals surface area (Å²) in [5.41, 5.74) is 2.78. The molecular formula is C17H13ClN2O2. The van der Waals surface area contributed by atoms with Crippen LogP contribution in [-0.2, 0) is 4.74 Å². The number of hydrogen-bond donors (Lipinski definition) is 0. The van der Waals surface area contributed by atoms with Gasteiger partial charge in [0.1, 0.15) is 5.15 Å². The van der Waals surface area contributed by atoms with Crippen molar-refractivity contribution < 1.29 is 9.53 Å². The Hall–Kier alpha value is -2.46. The van der Waals surface area contributed by atoms with E-state index in [2.05, 4.69) is 9.97 Å². The smallest absolute Gasteiger partial charge is 0.340 e. The molecule has 5 heteroatoms. The fourth-order valence-electron chi connectivity index (χ4n) is 2.34. The van der Waals surface area contributed by atoms with E-state index < -0.39 is 5.97 Å². The Morgan fingerprint density at radius 2 is 1.95 bits per heavy atom. The molecule has 0 aliphatic rings. The Morgan fingerprint density at radius 1 is 1.14 bits per heavy atom. The summed E-state index contributed by atoms with van der Waals surface area (Å²) in [5.74, 6) is -0.397. The Morgan fingerprint density at radius 3 is 2.68 bits per heavy atom. The first kappa shape index (κ1) is 14.5. The van der Waals surface area contributed by atoms with Crippen LogP contribution < -0.4 is 0 Å². The minimum Gasteiger partial charge on any atom is -0.462 e. The second-order valence-electron chi connectivity index (χ2n) is 4.65. The SMILES string of the molecule is CCOC(=O)c1cnc2ccccc2c1-c1ccc(Cl)nc1. The third-order valence-corrected chi connectivity index (χ3v) is 3.51. The summed E-state index contributed by atoms with van der Waals surface area (Å²) < 4.78 is 5.14. The first-order chi connectivity index (χ1) is 10.7. The molecule has 0 aliphatic heterocycles. The monoisotopic (exact) mass is 312 g/mol. The van der Waals surface area contributed by atoms with Crippen molar-refractivity contribution in [1.29, 1.82) is 0 Å². The van der Waals surface area contributed by atoms with Gasteiger partial charge < -0.3 is 4.74 Å². The lowest BCUT2D eigenvalue weighted by atomic mass is 9.98. The number of aromatic nitrogens is 2. The molecule has 0 saturated carbocycles. The summed E-state index contributed by atoms with van der Waals surface area (Å²) in [5, 5.41) is 1.27. The standard InChI is InChI=1S/C17H13ClN2O2/c1-2-22-17(21)13-10-19-14-6-4-3-5-12(14)16(13)11-7-8-15(18)20-9-11/h3-10H,2H2,1H3. The van der Waals surface area contributed by atoms with Crippen molar-refractivity contribution >= 4 is 28.5 Å². The van der Waals surface area contributed by atoms with Crippen LogP contribution in [0.1, 0.15) is 17.3 Å². The summed E-state index contributed by atoms with van der Waals surface area (Å²) >= 11 is 5.85. The third kappa shape index (κ3) is 2.65. The Kier molecular flexibility index (Phi) is 4.02. The average molecular weight is 313 g/mol. The van der Waals surface area contributed by atoms with Gasteiger partial charge in [-0.1, -0.05) is 29.8 Å². The quantitative estimate of drug-likeness (QED) is 0.539. The van der Waals surface area contributed by atoms with E-state index in [1.54, 1.807) is 25.4 Å². The Labute approximate surface area is 132 Å². The van der Waals surface area contributed by atoms with E-state index in [1.165, 1.54) is 0 Å². The van der Waals surface area contributed by atoms with Gasteiger partial charge in [-0.25, -0.2) is 9.78 Å². The highest BCUT2D eigenvalue weighted by atomic mass is 35.5. The molecule has 0 atom stereocenters. The number of carbonyl (C=O) groups is 1. The molecule has 0 unspecified atom stereocenters. The molecule has 0 bridgehead atoms. The maximum atomic E-state index is 12.2. The van der Waals surface area contributed by atoms with Gasteiger partial charge in [0, 0.05) is 28.9 Å². The molecule has 2 heterocycles. The van der Waals surface area contributed by atoms with Crippen molar-refractivity contribution in [3.63, 3.8) is 0 Å². The number of fused-ring (bicyclic) bond motifs is 1. The van der Waals surface area contributed by atoms with Crippen LogP contribution in [0.15, 0.2) is 48.8 Å². The van der Waals surface area contributed by atoms with Crippen LogP contribution in [0.4, 0.5) is 0 Å². The number of hydrogen-bond acceptors (Lipinski definition) is 4. The van der Waals surface area contributed by atoms with E-state index >= 15 is 0 Å². The average Bonchev–Trinajstić information content (AvgIpc) is 2.55. The fraction of sp³-hybridized carbons (Fsp3) is 0.118. The van der Waals surface area contributed by atoms with Crippen LogP contribution in [-0.4, -0.2) is 22.5 Å². The normalized spacial score (nSPS) is 10.6. The number of carbonyl (C=O) groups excluding carboxylic acids is 1. The summed E-state index contributed by atoms with van der Waals surface area (Å²) in [7, 11) is 0. The molecule has 1 aromatic carbocycles. The molecule has 0 aliphatic carbocycles. The molecule has 0 spiro atoms. The minimum atomic E-state index is -0.397. The molecule has 110 valence electrons. The maximum absolute atomic E-state index is 12.2. The van der Waals surface area contributed by atoms with E-state index in [-0.39, 0.29) is 0 Å². The van der Waals surface area contributed by atoms with Gasteiger partial charge in [0.15, 0.2) is 0 Å². The lowest BCUT2D eigenvalue weighted by Gasteiger charge is -2.12. The molecule has 0 saturated heterocycles. The van der Waals surface area contributed by atoms with Gasteiger partial charge in [-0.2, -0.15) is 0 Å². The summed E-state index contributed by atoms with van der Waals surface area (Å²) in [6.45, 7) is 2.08. The van der Waals surface area contributed by atoms with Crippen molar-refractivity contribution in [2.45, 2.75) is 6.92 Å². The second kappa shape index (κ2) is 6.12. The highest BCUT2D eigenvalue weighted by molar-refractivity contribution is 6.29. The summed E-state index contributed by atoms with van der Waals surface area (Å²) in [6.07, 6.45) is 3.19. The van der Waals surface area contributed by atoms with Gasteiger partial charge in [0.2, 0.25) is 0 Å². The van der Waals surface area contributed by atoms with Gasteiger partial charge in [0.05, 0.1) is 17.7 Å². The van der Waals surface area contributed by atoms with Crippen molar-refractivity contribution in [3.05, 3.63) is 59.5 Å². The van der Waals surface area contributed by atoms with Gasteiger partial charge in [-0.15, -0.1) is 0 Å². The van der Waals surface area contributed by atoms with Gasteiger partial charge in [-0.05, 0) is 25.1 Å². The molecule has 3 rings (SSSR count). The zero-order valence-corrected chi connectivity index (χ0v) is 12.7. The van der Waals surface area contributed by atoms with Gasteiger partial charge in [0.25, 0.3) is 0 Å². The molecule has 22 heavy (non-hydrogen) atoms. The van der Waals surface area contributed by atoms with Crippen LogP contribution in [0, 0.1) is 0 Å². The second-order valence-corrected chi connectivity index (χ2v) is 5.04. The fourth-order valence-corrected chi connectivity index (χ4v) is 2.45. The number of nitrogens with zero attached hydrogens (tertiary/aromatic N) is 2. The Balaban J connectivity index is 2.29. The molecule has 4 nitrogen and oxygen atoms in total. The van der Waals surface area contributed by atoms with Crippen molar-refractivity contribution in [1.82, 2.24) is 9.97 Å². The molecule has 0 N–H and O–H groups in total. The number of pyridine rings is 2. The van der Waals surface area contributed by atoms with E-state index in [4.69, 9.17) is 16.3 Å². The number of rotatable bonds is 3. The zero-order valence-electron chi connectivity index (χ0n) is 11.9. The number of esters is 1. The van der Waals surface area contributed by atoms with Crippen molar-refractivity contribution in [2.75, 3.05) is 6.61 Å². The molecule has 0 amide bonds. The van der Waals surface area contributed by atoms with Crippen LogP contribution in [0.5, 0.6) is 0 Å². The number of ether oxygens (including phenoxy) is 1. The maximum Gasteiger partial charge on any atom is 0.340 e.